The van der Waals surface area contributed by atoms with Crippen molar-refractivity contribution < 1.29 is 9.13 Å². The van der Waals surface area contributed by atoms with Crippen LogP contribution in [0.4, 0.5) is 4.39 Å². The SMILES string of the molecule is C/C=C(C)/C=C/c1sccc1-c1cc(CC)cc(C2CCCCC2)c1OCCCF. The van der Waals surface area contributed by atoms with Crippen LogP contribution in [0.5, 0.6) is 5.75 Å². The first-order valence-corrected chi connectivity index (χ1v) is 12.3. The summed E-state index contributed by atoms with van der Waals surface area (Å²) in [6.07, 6.45) is 14.3. The highest BCUT2D eigenvalue weighted by atomic mass is 32.1. The largest absolute Gasteiger partial charge is 0.493 e. The minimum atomic E-state index is -0.337. The molecule has 0 N–H and O–H groups in total. The molecule has 1 heterocycles. The van der Waals surface area contributed by atoms with Crippen molar-refractivity contribution in [3.05, 3.63) is 57.3 Å². The molecule has 1 saturated carbocycles. The molecule has 1 nitrogen and oxygen atoms in total. The lowest BCUT2D eigenvalue weighted by Gasteiger charge is -2.26. The van der Waals surface area contributed by atoms with Crippen molar-refractivity contribution in [2.24, 2.45) is 0 Å². The highest BCUT2D eigenvalue weighted by Gasteiger charge is 2.24. The molecule has 0 radical (unpaired) electrons. The molecule has 0 amide bonds. The van der Waals surface area contributed by atoms with Crippen LogP contribution in [0.25, 0.3) is 17.2 Å². The molecule has 3 heteroatoms. The van der Waals surface area contributed by atoms with Gasteiger partial charge in [-0.2, -0.15) is 0 Å². The fourth-order valence-electron chi connectivity index (χ4n) is 4.20. The van der Waals surface area contributed by atoms with E-state index in [0.29, 0.717) is 18.9 Å². The summed E-state index contributed by atoms with van der Waals surface area (Å²) in [7, 11) is 0. The summed E-state index contributed by atoms with van der Waals surface area (Å²) in [5, 5.41) is 2.16. The quantitative estimate of drug-likeness (QED) is 0.288. The smallest absolute Gasteiger partial charge is 0.130 e. The number of hydrogen-bond donors (Lipinski definition) is 0. The second-order valence-corrected chi connectivity index (χ2v) is 9.15. The van der Waals surface area contributed by atoms with E-state index >= 15 is 0 Å². The van der Waals surface area contributed by atoms with Crippen LogP contribution in [0, 0.1) is 0 Å². The van der Waals surface area contributed by atoms with E-state index in [9.17, 15) is 4.39 Å². The number of benzene rings is 1. The van der Waals surface area contributed by atoms with Crippen LogP contribution in [0.1, 0.15) is 81.2 Å². The number of halogens is 1. The molecule has 1 aromatic heterocycles. The Kier molecular flexibility index (Phi) is 8.74. The Hall–Kier alpha value is -1.87. The molecule has 0 saturated heterocycles. The van der Waals surface area contributed by atoms with Crippen molar-refractivity contribution >= 4 is 17.4 Å². The van der Waals surface area contributed by atoms with Crippen LogP contribution in [-0.2, 0) is 6.42 Å². The number of rotatable bonds is 9. The Morgan fingerprint density at radius 3 is 2.70 bits per heavy atom. The van der Waals surface area contributed by atoms with E-state index in [1.165, 1.54) is 64.8 Å². The standard InChI is InChI=1S/C27H35FOS/c1-4-20(3)12-13-26-23(14-17-30-26)25-19-21(5-2)18-24(22-10-7-6-8-11-22)27(25)29-16-9-15-28/h4,12-14,17-19,22H,5-11,15-16H2,1-3H3/b13-12+,20-4+. The number of hydrogen-bond acceptors (Lipinski definition) is 2. The minimum absolute atomic E-state index is 0.337. The second kappa shape index (κ2) is 11.5. The maximum Gasteiger partial charge on any atom is 0.130 e. The van der Waals surface area contributed by atoms with Gasteiger partial charge in [0.25, 0.3) is 0 Å². The van der Waals surface area contributed by atoms with Gasteiger partial charge >= 0.3 is 0 Å². The van der Waals surface area contributed by atoms with Crippen LogP contribution < -0.4 is 4.74 Å². The number of allylic oxidation sites excluding steroid dienone is 3. The zero-order valence-electron chi connectivity index (χ0n) is 18.7. The van der Waals surface area contributed by atoms with Crippen molar-refractivity contribution in [1.82, 2.24) is 0 Å². The van der Waals surface area contributed by atoms with Crippen molar-refractivity contribution in [3.8, 4) is 16.9 Å². The third-order valence-electron chi connectivity index (χ3n) is 6.09. The summed E-state index contributed by atoms with van der Waals surface area (Å²) in [6.45, 7) is 6.50. The van der Waals surface area contributed by atoms with Crippen molar-refractivity contribution in [1.29, 1.82) is 0 Å². The monoisotopic (exact) mass is 426 g/mol. The van der Waals surface area contributed by atoms with Crippen LogP contribution in [-0.4, -0.2) is 13.3 Å². The lowest BCUT2D eigenvalue weighted by Crippen LogP contribution is -2.10. The Morgan fingerprint density at radius 2 is 2.00 bits per heavy atom. The predicted octanol–water partition coefficient (Wildman–Crippen LogP) is 8.74. The molecule has 3 rings (SSSR count). The molecule has 0 spiro atoms. The molecule has 0 unspecified atom stereocenters. The van der Waals surface area contributed by atoms with Crippen LogP contribution in [0.3, 0.4) is 0 Å². The minimum Gasteiger partial charge on any atom is -0.493 e. The van der Waals surface area contributed by atoms with Gasteiger partial charge in [0, 0.05) is 22.4 Å². The second-order valence-electron chi connectivity index (χ2n) is 8.21. The Morgan fingerprint density at radius 1 is 1.20 bits per heavy atom. The number of ether oxygens (including phenoxy) is 1. The summed E-state index contributed by atoms with van der Waals surface area (Å²) < 4.78 is 19.1. The van der Waals surface area contributed by atoms with E-state index in [2.05, 4.69) is 62.6 Å². The van der Waals surface area contributed by atoms with Gasteiger partial charge in [-0.3, -0.25) is 4.39 Å². The first kappa shape index (κ1) is 22.8. The van der Waals surface area contributed by atoms with Crippen molar-refractivity contribution in [3.63, 3.8) is 0 Å². The first-order chi connectivity index (χ1) is 14.7. The molecular weight excluding hydrogens is 391 g/mol. The lowest BCUT2D eigenvalue weighted by atomic mass is 9.81. The van der Waals surface area contributed by atoms with Gasteiger partial charge in [-0.15, -0.1) is 11.3 Å². The molecule has 0 atom stereocenters. The van der Waals surface area contributed by atoms with E-state index in [4.69, 9.17) is 4.74 Å². The highest BCUT2D eigenvalue weighted by molar-refractivity contribution is 7.11. The van der Waals surface area contributed by atoms with Gasteiger partial charge in [0.15, 0.2) is 0 Å². The molecular formula is C27H35FOS. The summed E-state index contributed by atoms with van der Waals surface area (Å²) in [6, 6.07) is 6.85. The molecule has 1 fully saturated rings. The molecule has 1 aliphatic carbocycles. The van der Waals surface area contributed by atoms with Gasteiger partial charge in [-0.1, -0.05) is 50.0 Å². The van der Waals surface area contributed by atoms with Gasteiger partial charge in [0.1, 0.15) is 5.75 Å². The molecule has 2 aromatic rings. The highest BCUT2D eigenvalue weighted by Crippen LogP contribution is 2.45. The van der Waals surface area contributed by atoms with Gasteiger partial charge in [-0.25, -0.2) is 0 Å². The molecule has 0 aliphatic heterocycles. The third kappa shape index (κ3) is 5.63. The fourth-order valence-corrected chi connectivity index (χ4v) is 5.00. The van der Waals surface area contributed by atoms with E-state index in [0.717, 1.165) is 12.2 Å². The van der Waals surface area contributed by atoms with E-state index in [-0.39, 0.29) is 6.67 Å². The van der Waals surface area contributed by atoms with Crippen LogP contribution >= 0.6 is 11.3 Å². The molecule has 1 aromatic carbocycles. The van der Waals surface area contributed by atoms with Crippen molar-refractivity contribution in [2.45, 2.75) is 71.6 Å². The number of alkyl halides is 1. The van der Waals surface area contributed by atoms with Gasteiger partial charge < -0.3 is 4.74 Å². The predicted molar refractivity (Wildman–Crippen MR) is 130 cm³/mol. The fraction of sp³-hybridized carbons (Fsp3) is 0.481. The van der Waals surface area contributed by atoms with Crippen molar-refractivity contribution in [2.75, 3.05) is 13.3 Å². The maximum atomic E-state index is 12.8. The van der Waals surface area contributed by atoms with Gasteiger partial charge in [-0.05, 0) is 73.7 Å². The summed E-state index contributed by atoms with van der Waals surface area (Å²) in [5.74, 6) is 1.54. The van der Waals surface area contributed by atoms with E-state index < -0.39 is 0 Å². The van der Waals surface area contributed by atoms with Crippen LogP contribution in [0.15, 0.2) is 41.3 Å². The summed E-state index contributed by atoms with van der Waals surface area (Å²) in [5.41, 5.74) is 6.34. The average molecular weight is 427 g/mol. The zero-order valence-corrected chi connectivity index (χ0v) is 19.5. The molecule has 1 aliphatic rings. The Bertz CT molecular complexity index is 871. The van der Waals surface area contributed by atoms with E-state index in [1.54, 1.807) is 11.3 Å². The molecule has 30 heavy (non-hydrogen) atoms. The molecule has 0 bridgehead atoms. The van der Waals surface area contributed by atoms with E-state index in [1.807, 2.05) is 0 Å². The van der Waals surface area contributed by atoms with Crippen LogP contribution in [0.2, 0.25) is 0 Å². The Balaban J connectivity index is 2.10. The zero-order chi connectivity index (χ0) is 21.3. The summed E-state index contributed by atoms with van der Waals surface area (Å²) >= 11 is 1.76. The summed E-state index contributed by atoms with van der Waals surface area (Å²) in [4.78, 5) is 1.24. The van der Waals surface area contributed by atoms with Gasteiger partial charge in [0.2, 0.25) is 0 Å². The normalized spacial score (nSPS) is 15.8. The van der Waals surface area contributed by atoms with Gasteiger partial charge in [0.05, 0.1) is 13.3 Å². The first-order valence-electron chi connectivity index (χ1n) is 11.4. The number of aryl methyl sites for hydroxylation is 1. The average Bonchev–Trinajstić information content (AvgIpc) is 3.26. The number of thiophene rings is 1. The third-order valence-corrected chi connectivity index (χ3v) is 6.98. The lowest BCUT2D eigenvalue weighted by molar-refractivity contribution is 0.284. The maximum absolute atomic E-state index is 12.8. The Labute approximate surface area is 185 Å². The molecule has 162 valence electrons. The topological polar surface area (TPSA) is 9.23 Å².